The summed E-state index contributed by atoms with van der Waals surface area (Å²) in [5.41, 5.74) is 1.21. The molecule has 2 aliphatic rings. The van der Waals surface area contributed by atoms with E-state index in [0.29, 0.717) is 25.8 Å². The molecule has 4 rings (SSSR count). The minimum Gasteiger partial charge on any atom is -0.454 e. The molecule has 1 fully saturated rings. The number of aliphatic hydroxyl groups excluding tert-OH is 2. The standard InChI is InChI=1S/C20H27N5O4.2ClH/c26-11-9-24(10-12-27)19-3-4-21-20(22-19)25-7-5-23(6-8-25)14-16-1-2-17-18(13-16)29-15-28-17;;/h1-4,13,26-27H,5-12,14-15H2;2*1H. The second-order valence-corrected chi connectivity index (χ2v) is 7.10. The highest BCUT2D eigenvalue weighted by atomic mass is 35.5. The van der Waals surface area contributed by atoms with Crippen LogP contribution in [0.4, 0.5) is 11.8 Å². The van der Waals surface area contributed by atoms with Crippen molar-refractivity contribution in [3.63, 3.8) is 0 Å². The summed E-state index contributed by atoms with van der Waals surface area (Å²) in [5, 5.41) is 18.5. The summed E-state index contributed by atoms with van der Waals surface area (Å²) in [5.74, 6) is 3.04. The second kappa shape index (κ2) is 12.1. The molecule has 2 N–H and O–H groups in total. The lowest BCUT2D eigenvalue weighted by Crippen LogP contribution is -2.46. The normalized spacial score (nSPS) is 15.2. The monoisotopic (exact) mass is 473 g/mol. The predicted molar refractivity (Wildman–Crippen MR) is 123 cm³/mol. The van der Waals surface area contributed by atoms with Gasteiger partial charge in [0.05, 0.1) is 13.2 Å². The van der Waals surface area contributed by atoms with Crippen LogP contribution in [-0.4, -0.2) is 84.4 Å². The van der Waals surface area contributed by atoms with Gasteiger partial charge in [0, 0.05) is 52.0 Å². The highest BCUT2D eigenvalue weighted by molar-refractivity contribution is 5.85. The number of hydrogen-bond donors (Lipinski definition) is 2. The van der Waals surface area contributed by atoms with Crippen molar-refractivity contribution >= 4 is 36.6 Å². The molecule has 3 heterocycles. The molecule has 0 saturated carbocycles. The van der Waals surface area contributed by atoms with Crippen LogP contribution in [0.2, 0.25) is 0 Å². The van der Waals surface area contributed by atoms with E-state index in [4.69, 9.17) is 9.47 Å². The molecule has 1 aromatic carbocycles. The maximum atomic E-state index is 9.25. The van der Waals surface area contributed by atoms with Crippen molar-refractivity contribution in [2.45, 2.75) is 6.54 Å². The van der Waals surface area contributed by atoms with Gasteiger partial charge in [-0.3, -0.25) is 4.90 Å². The van der Waals surface area contributed by atoms with Crippen molar-refractivity contribution in [1.29, 1.82) is 0 Å². The van der Waals surface area contributed by atoms with Gasteiger partial charge in [0.25, 0.3) is 0 Å². The number of hydrogen-bond acceptors (Lipinski definition) is 9. The van der Waals surface area contributed by atoms with E-state index in [0.717, 1.165) is 50.0 Å². The molecule has 9 nitrogen and oxygen atoms in total. The van der Waals surface area contributed by atoms with Gasteiger partial charge in [0.1, 0.15) is 5.82 Å². The summed E-state index contributed by atoms with van der Waals surface area (Å²) in [7, 11) is 0. The molecule has 11 heteroatoms. The largest absolute Gasteiger partial charge is 0.454 e. The van der Waals surface area contributed by atoms with Gasteiger partial charge in [0.15, 0.2) is 11.5 Å². The molecule has 2 aliphatic heterocycles. The lowest BCUT2D eigenvalue weighted by atomic mass is 10.1. The Morgan fingerprint density at radius 1 is 0.935 bits per heavy atom. The first-order valence-electron chi connectivity index (χ1n) is 9.92. The van der Waals surface area contributed by atoms with Crippen molar-refractivity contribution in [2.24, 2.45) is 0 Å². The van der Waals surface area contributed by atoms with Crippen LogP contribution in [-0.2, 0) is 6.54 Å². The first-order valence-corrected chi connectivity index (χ1v) is 9.92. The number of benzene rings is 1. The lowest BCUT2D eigenvalue weighted by Gasteiger charge is -2.35. The number of anilines is 2. The molecule has 0 radical (unpaired) electrons. The molecule has 172 valence electrons. The Morgan fingerprint density at radius 3 is 2.35 bits per heavy atom. The van der Waals surface area contributed by atoms with Crippen LogP contribution in [0.25, 0.3) is 0 Å². The van der Waals surface area contributed by atoms with Crippen LogP contribution in [0.15, 0.2) is 30.5 Å². The number of piperazine rings is 1. The molecular weight excluding hydrogens is 445 g/mol. The quantitative estimate of drug-likeness (QED) is 0.585. The van der Waals surface area contributed by atoms with Crippen LogP contribution < -0.4 is 19.3 Å². The number of halogens is 2. The Balaban J connectivity index is 0.00000171. The Labute approximate surface area is 194 Å². The average Bonchev–Trinajstić information content (AvgIpc) is 3.22. The molecule has 0 amide bonds. The number of aliphatic hydroxyl groups is 2. The number of rotatable bonds is 8. The Bertz CT molecular complexity index is 818. The zero-order valence-corrected chi connectivity index (χ0v) is 18.9. The average molecular weight is 474 g/mol. The molecular formula is C20H29Cl2N5O4. The highest BCUT2D eigenvalue weighted by Crippen LogP contribution is 2.32. The summed E-state index contributed by atoms with van der Waals surface area (Å²) in [6.07, 6.45) is 1.73. The fourth-order valence-electron chi connectivity index (χ4n) is 3.65. The number of nitrogens with zero attached hydrogens (tertiary/aromatic N) is 5. The summed E-state index contributed by atoms with van der Waals surface area (Å²) in [6.45, 7) is 5.56. The van der Waals surface area contributed by atoms with Gasteiger partial charge in [-0.05, 0) is 23.8 Å². The summed E-state index contributed by atoms with van der Waals surface area (Å²) in [6, 6.07) is 7.92. The second-order valence-electron chi connectivity index (χ2n) is 7.10. The molecule has 0 unspecified atom stereocenters. The Morgan fingerprint density at radius 2 is 1.65 bits per heavy atom. The molecule has 2 aromatic rings. The predicted octanol–water partition coefficient (Wildman–Crippen LogP) is 1.16. The highest BCUT2D eigenvalue weighted by Gasteiger charge is 2.21. The fraction of sp³-hybridized carbons (Fsp3) is 0.500. The van der Waals surface area contributed by atoms with Crippen molar-refractivity contribution in [3.8, 4) is 11.5 Å². The van der Waals surface area contributed by atoms with Crippen molar-refractivity contribution < 1.29 is 19.7 Å². The van der Waals surface area contributed by atoms with E-state index in [1.165, 1.54) is 5.56 Å². The molecule has 1 aromatic heterocycles. The lowest BCUT2D eigenvalue weighted by molar-refractivity contribution is 0.174. The molecule has 0 aliphatic carbocycles. The zero-order valence-electron chi connectivity index (χ0n) is 17.2. The number of fused-ring (bicyclic) bond motifs is 1. The third kappa shape index (κ3) is 6.24. The summed E-state index contributed by atoms with van der Waals surface area (Å²) < 4.78 is 10.8. The molecule has 0 bridgehead atoms. The SMILES string of the molecule is Cl.Cl.OCCN(CCO)c1ccnc(N2CCN(Cc3ccc4c(c3)OCO4)CC2)n1. The van der Waals surface area contributed by atoms with Crippen molar-refractivity contribution in [2.75, 3.05) is 69.1 Å². The van der Waals surface area contributed by atoms with Crippen LogP contribution >= 0.6 is 24.8 Å². The summed E-state index contributed by atoms with van der Waals surface area (Å²) in [4.78, 5) is 15.5. The van der Waals surface area contributed by atoms with Crippen molar-refractivity contribution in [3.05, 3.63) is 36.0 Å². The van der Waals surface area contributed by atoms with Crippen LogP contribution in [0.3, 0.4) is 0 Å². The van der Waals surface area contributed by atoms with Crippen molar-refractivity contribution in [1.82, 2.24) is 14.9 Å². The van der Waals surface area contributed by atoms with Gasteiger partial charge in [-0.15, -0.1) is 24.8 Å². The zero-order chi connectivity index (χ0) is 20.1. The third-order valence-corrected chi connectivity index (χ3v) is 5.19. The van der Waals surface area contributed by atoms with Gasteiger partial charge >= 0.3 is 0 Å². The van der Waals surface area contributed by atoms with Crippen LogP contribution in [0, 0.1) is 0 Å². The first kappa shape index (κ1) is 25.2. The van der Waals surface area contributed by atoms with E-state index in [1.54, 1.807) is 6.20 Å². The van der Waals surface area contributed by atoms with E-state index in [1.807, 2.05) is 17.0 Å². The van der Waals surface area contributed by atoms with E-state index in [-0.39, 0.29) is 38.0 Å². The van der Waals surface area contributed by atoms with Gasteiger partial charge in [-0.1, -0.05) is 6.07 Å². The van der Waals surface area contributed by atoms with E-state index in [2.05, 4.69) is 31.9 Å². The maximum absolute atomic E-state index is 9.25. The minimum atomic E-state index is 0. The van der Waals surface area contributed by atoms with E-state index < -0.39 is 0 Å². The van der Waals surface area contributed by atoms with Gasteiger partial charge < -0.3 is 29.5 Å². The van der Waals surface area contributed by atoms with Gasteiger partial charge in [0.2, 0.25) is 12.7 Å². The smallest absolute Gasteiger partial charge is 0.231 e. The van der Waals surface area contributed by atoms with Crippen LogP contribution in [0.1, 0.15) is 5.56 Å². The molecule has 31 heavy (non-hydrogen) atoms. The van der Waals surface area contributed by atoms with Gasteiger partial charge in [-0.25, -0.2) is 4.98 Å². The first-order chi connectivity index (χ1) is 14.3. The van der Waals surface area contributed by atoms with E-state index in [9.17, 15) is 10.2 Å². The third-order valence-electron chi connectivity index (χ3n) is 5.19. The Hall–Kier alpha value is -2.04. The number of ether oxygens (including phenoxy) is 2. The molecule has 0 atom stereocenters. The fourth-order valence-corrected chi connectivity index (χ4v) is 3.65. The number of aromatic nitrogens is 2. The maximum Gasteiger partial charge on any atom is 0.231 e. The van der Waals surface area contributed by atoms with Gasteiger partial charge in [-0.2, -0.15) is 4.98 Å². The topological polar surface area (TPSA) is 94.4 Å². The minimum absolute atomic E-state index is 0. The summed E-state index contributed by atoms with van der Waals surface area (Å²) >= 11 is 0. The molecule has 0 spiro atoms. The Kier molecular flexibility index (Phi) is 9.86. The van der Waals surface area contributed by atoms with E-state index >= 15 is 0 Å². The van der Waals surface area contributed by atoms with Crippen LogP contribution in [0.5, 0.6) is 11.5 Å². The molecule has 1 saturated heterocycles.